The van der Waals surface area contributed by atoms with Crippen molar-refractivity contribution in [1.29, 1.82) is 0 Å². The summed E-state index contributed by atoms with van der Waals surface area (Å²) in [6.07, 6.45) is 7.83. The van der Waals surface area contributed by atoms with E-state index in [1.165, 1.54) is 43.3 Å². The number of nitrogen functional groups attached to an aromatic ring is 1. The molecule has 38 heteroatoms. The molecule has 3 saturated heterocycles. The summed E-state index contributed by atoms with van der Waals surface area (Å²) in [4.78, 5) is 173. The average Bonchev–Trinajstić information content (AvgIpc) is 1.68. The first-order valence-corrected chi connectivity index (χ1v) is 43.3. The summed E-state index contributed by atoms with van der Waals surface area (Å²) in [5.74, 6) is -1.06. The van der Waals surface area contributed by atoms with Crippen LogP contribution in [0.2, 0.25) is 0 Å². The number of unbranched alkanes of at least 4 members (excludes halogenated alkanes) is 1. The van der Waals surface area contributed by atoms with E-state index in [2.05, 4.69) is 69.8 Å². The van der Waals surface area contributed by atoms with Crippen molar-refractivity contribution in [2.24, 2.45) is 10.9 Å². The van der Waals surface area contributed by atoms with E-state index < -0.39 is 112 Å². The summed E-state index contributed by atoms with van der Waals surface area (Å²) in [6, 6.07) is 4.52. The van der Waals surface area contributed by atoms with Gasteiger partial charge in [-0.1, -0.05) is 77.1 Å². The Morgan fingerprint density at radius 3 is 2.27 bits per heavy atom. The van der Waals surface area contributed by atoms with Gasteiger partial charge in [-0.25, -0.2) is 14.8 Å². The van der Waals surface area contributed by atoms with Crippen molar-refractivity contribution < 1.29 is 101 Å². The summed E-state index contributed by atoms with van der Waals surface area (Å²) in [6.45, 7) is 9.61. The van der Waals surface area contributed by atoms with Gasteiger partial charge in [0.25, 0.3) is 5.91 Å². The minimum absolute atomic E-state index is 0.000195. The monoisotopic (exact) mass is 1690 g/mol. The number of rotatable bonds is 43. The number of aryl methyl sites for hydroxylation is 2. The van der Waals surface area contributed by atoms with Gasteiger partial charge in [-0.15, -0.1) is 0 Å². The molecule has 0 spiro atoms. The summed E-state index contributed by atoms with van der Waals surface area (Å²) in [5, 5.41) is 49.8. The van der Waals surface area contributed by atoms with E-state index in [1.807, 2.05) is 49.5 Å². The second kappa shape index (κ2) is 44.7. The lowest BCUT2D eigenvalue weighted by atomic mass is 9.72. The van der Waals surface area contributed by atoms with Crippen LogP contribution >= 0.6 is 48.7 Å². The summed E-state index contributed by atoms with van der Waals surface area (Å²) in [5.41, 5.74) is 13.8. The Labute approximate surface area is 679 Å². The lowest BCUT2D eigenvalue weighted by Gasteiger charge is -2.38. The van der Waals surface area contributed by atoms with Gasteiger partial charge in [-0.05, 0) is 113 Å². The van der Waals surface area contributed by atoms with Gasteiger partial charge in [0.15, 0.2) is 27.1 Å². The fourth-order valence-electron chi connectivity index (χ4n) is 14.7. The normalized spacial score (nSPS) is 20.3. The first-order chi connectivity index (χ1) is 55.3. The lowest BCUT2D eigenvalue weighted by molar-refractivity contribution is -0.148. The molecule has 0 saturated carbocycles. The van der Waals surface area contributed by atoms with Crippen molar-refractivity contribution in [2.75, 3.05) is 63.6 Å². The number of aromatic nitrogens is 3. The maximum atomic E-state index is 14.8. The molecule has 115 heavy (non-hydrogen) atoms. The van der Waals surface area contributed by atoms with Crippen LogP contribution in [0, 0.1) is 24.7 Å². The number of carbonyl (C=O) groups excluding carboxylic acids is 8. The van der Waals surface area contributed by atoms with Crippen LogP contribution in [-0.2, 0) is 72.2 Å². The Kier molecular flexibility index (Phi) is 35.2. The summed E-state index contributed by atoms with van der Waals surface area (Å²) >= 11 is 0. The number of ketones is 1. The number of nitrogens with one attached hydrogen (secondary N) is 4. The number of hydrogen-bond acceptors (Lipinski definition) is 24. The van der Waals surface area contributed by atoms with Crippen LogP contribution in [0.4, 0.5) is 5.82 Å². The molecule has 11 N–H and O–H groups in total. The Morgan fingerprint density at radius 1 is 0.835 bits per heavy atom. The number of amides is 7. The molecule has 622 valence electrons. The predicted molar refractivity (Wildman–Crippen MR) is 435 cm³/mol. The molecular formula is C77H101N12O21P3S2. The third kappa shape index (κ3) is 25.0. The number of nitrogens with two attached hydrogens (primary N) is 1. The largest absolute Gasteiger partial charge is 0.481 e. The molecule has 0 bridgehead atoms. The molecule has 0 radical (unpaired) electrons. The highest BCUT2D eigenvalue weighted by molar-refractivity contribution is 8.76. The Bertz CT molecular complexity index is 4370. The molecule has 6 heterocycles. The average molecular weight is 1690 g/mol. The molecule has 4 aromatic rings. The Morgan fingerprint density at radius 2 is 1.55 bits per heavy atom. The fourth-order valence-corrected chi connectivity index (χ4v) is 18.0. The smallest absolute Gasteiger partial charge is 0.326 e. The minimum Gasteiger partial charge on any atom is -0.481 e. The second-order valence-corrected chi connectivity index (χ2v) is 33.6. The number of nitrogens with zero attached hydrogens (tertiary/aromatic N) is 7. The number of benzene rings is 2. The molecule has 9 rings (SSSR count). The summed E-state index contributed by atoms with van der Waals surface area (Å²) < 4.78 is 29.9. The lowest BCUT2D eigenvalue weighted by Crippen LogP contribution is -2.58. The first-order valence-electron chi connectivity index (χ1n) is 38.4. The number of aliphatic hydroxyl groups excluding tert-OH is 1. The first kappa shape index (κ1) is 90.4. The van der Waals surface area contributed by atoms with Gasteiger partial charge in [-0.2, -0.15) is 0 Å². The van der Waals surface area contributed by atoms with Gasteiger partial charge < -0.3 is 85.6 Å². The van der Waals surface area contributed by atoms with Crippen molar-refractivity contribution in [3.63, 3.8) is 0 Å². The molecule has 33 nitrogen and oxygen atoms in total. The number of carboxylic acid groups (broad SMARTS) is 3. The topological polar surface area (TPSA) is 462 Å². The number of fused-ring (bicyclic) bond motifs is 3. The number of hydrogen-bond donors (Lipinski definition) is 10. The number of allylic oxidation sites excluding steroid dienone is 3. The number of aliphatic carboxylic acids is 3. The van der Waals surface area contributed by atoms with E-state index in [4.69, 9.17) is 38.2 Å². The van der Waals surface area contributed by atoms with E-state index >= 15 is 0 Å². The van der Waals surface area contributed by atoms with E-state index in [9.17, 15) is 73.2 Å². The number of ether oxygens (including phenoxy) is 2. The number of aliphatic hydroxyl groups is 1. The van der Waals surface area contributed by atoms with E-state index in [-0.39, 0.29) is 163 Å². The SMILES string of the molecule is CCCc1cc2c(cc1C)C(c1ccccc1C(=O)N(C)CCCC(=O)NCCCCC(NC(=O)C1CCCN1C(=O)CCSSCCC(=O)CCC#Cc1cn([C@H]3CC(O)[C@@H](COPOPOPO)O3)c3ncnc(N)c13)C(=O)N1CCCC1C(=O)NC(CC(=O)O)C(=O)NC(CC(=O)O)C(=O)O)C1C=C(C)C(=NCC)C=C1O2. The molecule has 5 aliphatic rings. The van der Waals surface area contributed by atoms with Crippen LogP contribution in [-0.4, -0.2) is 226 Å². The van der Waals surface area contributed by atoms with Crippen molar-refractivity contribution in [3.05, 3.63) is 106 Å². The van der Waals surface area contributed by atoms with Crippen molar-refractivity contribution in [1.82, 2.24) is 50.5 Å². The maximum Gasteiger partial charge on any atom is 0.326 e. The molecule has 11 unspecified atom stereocenters. The molecule has 2 aromatic carbocycles. The Balaban J connectivity index is 0.771. The van der Waals surface area contributed by atoms with Crippen LogP contribution in [0.3, 0.4) is 0 Å². The number of Topliss-reactive ketones (excluding diaryl/α,β-unsaturated/α-hetero) is 1. The van der Waals surface area contributed by atoms with Gasteiger partial charge >= 0.3 is 17.9 Å². The number of carbonyl (C=O) groups is 11. The highest BCUT2D eigenvalue weighted by Gasteiger charge is 2.44. The standard InChI is InChI=1S/C77H101N12O21P3S2/c1-6-17-46-36-60-51(34-44(46)3)69(52-35-45(4)54(79-7-2)37-61(52)107-60)49-20-10-11-21-50(49)75(101)86(5)29-16-25-63(92)80-28-13-12-22-53(76(102)88-31-15-24-58(88)74(100)84-55(38-66(94)95)72(98)85-56(77(103)104)39-67(96)97)83-73(99)57-23-14-30-87(57)64(93)27-33-115-114-32-26-48(90)19-9-8-18-47-41-89(71-68(47)70(78)81-43-82-71)65-40-59(91)62(108-65)42-106-112-110-113-109-111-105/h10-11,20-21,34-37,41,43,52-53,55-59,62,65,69,91,105,111-113H,6-7,9,12-17,19,22-33,38-40,42H2,1-5H3,(H,80,92)(H,83,99)(H,84,100)(H,85,98)(H,94,95)(H,96,97)(H,103,104)(H2,78,81,82)/t52?,53?,55?,56?,57?,58?,59?,62-,65-,69?/m1/s1. The fraction of sp³-hybridized carbons (Fsp3) is 0.532. The van der Waals surface area contributed by atoms with Crippen LogP contribution < -0.4 is 31.7 Å². The van der Waals surface area contributed by atoms with Crippen LogP contribution in [0.5, 0.6) is 5.75 Å². The van der Waals surface area contributed by atoms with Gasteiger partial charge in [-0.3, -0.25) is 61.6 Å². The molecular weight excluding hydrogens is 1590 g/mol. The third-order valence-electron chi connectivity index (χ3n) is 20.4. The van der Waals surface area contributed by atoms with Gasteiger partial charge in [0.1, 0.15) is 77.6 Å². The Hall–Kier alpha value is -8.51. The summed E-state index contributed by atoms with van der Waals surface area (Å²) in [7, 11) is 3.04. The molecule has 13 atom stereocenters. The molecule has 1 aliphatic carbocycles. The zero-order valence-electron chi connectivity index (χ0n) is 64.7. The highest BCUT2D eigenvalue weighted by Crippen LogP contribution is 2.50. The van der Waals surface area contributed by atoms with Crippen molar-refractivity contribution in [3.8, 4) is 17.6 Å². The van der Waals surface area contributed by atoms with Crippen LogP contribution in [0.15, 0.2) is 77.4 Å². The zero-order valence-corrected chi connectivity index (χ0v) is 69.4. The van der Waals surface area contributed by atoms with E-state index in [0.29, 0.717) is 59.5 Å². The molecule has 7 amide bonds. The van der Waals surface area contributed by atoms with E-state index in [1.54, 1.807) is 22.7 Å². The van der Waals surface area contributed by atoms with Crippen LogP contribution in [0.1, 0.15) is 180 Å². The quantitative estimate of drug-likeness (QED) is 0.00913. The van der Waals surface area contributed by atoms with Crippen LogP contribution in [0.25, 0.3) is 11.0 Å². The minimum atomic E-state index is -1.97. The van der Waals surface area contributed by atoms with Gasteiger partial charge in [0.05, 0.1) is 42.2 Å². The van der Waals surface area contributed by atoms with Gasteiger partial charge in [0, 0.05) is 125 Å². The van der Waals surface area contributed by atoms with Gasteiger partial charge in [0.2, 0.25) is 35.4 Å². The highest BCUT2D eigenvalue weighted by atomic mass is 33.1. The van der Waals surface area contributed by atoms with Crippen molar-refractivity contribution >= 4 is 136 Å². The number of aliphatic imine (C=N–C) groups is 1. The molecule has 4 aliphatic heterocycles. The maximum absolute atomic E-state index is 14.8. The number of carboxylic acids is 3. The second-order valence-electron chi connectivity index (χ2n) is 28.4. The predicted octanol–water partition coefficient (Wildman–Crippen LogP) is 7.11. The number of anilines is 1. The van der Waals surface area contributed by atoms with E-state index in [0.717, 1.165) is 52.3 Å². The van der Waals surface area contributed by atoms with Crippen molar-refractivity contribution in [2.45, 2.75) is 198 Å². The molecule has 3 fully saturated rings. The third-order valence-corrected chi connectivity index (χ3v) is 24.4. The number of likely N-dealkylation sites (tertiary alicyclic amines) is 2. The zero-order chi connectivity index (χ0) is 82.8. The molecule has 2 aromatic heterocycles.